The van der Waals surface area contributed by atoms with Crippen LogP contribution in [0.5, 0.6) is 0 Å². The molecule has 0 aliphatic heterocycles. The van der Waals surface area contributed by atoms with Crippen molar-refractivity contribution in [3.8, 4) is 0 Å². The Morgan fingerprint density at radius 3 is 2.74 bits per heavy atom. The van der Waals surface area contributed by atoms with Gasteiger partial charge in [-0.3, -0.25) is 0 Å². The van der Waals surface area contributed by atoms with Gasteiger partial charge >= 0.3 is 5.97 Å². The number of ether oxygens (including phenoxy) is 1. The molecule has 106 valence electrons. The molecule has 0 radical (unpaired) electrons. The van der Waals surface area contributed by atoms with Crippen LogP contribution in [0.3, 0.4) is 0 Å². The van der Waals surface area contributed by atoms with Crippen LogP contribution >= 0.6 is 11.8 Å². The predicted octanol–water partition coefficient (Wildman–Crippen LogP) is 1.88. The molecule has 0 aliphatic carbocycles. The monoisotopic (exact) mass is 283 g/mol. The van der Waals surface area contributed by atoms with Gasteiger partial charge in [0.15, 0.2) is 0 Å². The number of pyridine rings is 1. The van der Waals surface area contributed by atoms with E-state index < -0.39 is 5.97 Å². The Morgan fingerprint density at radius 2 is 2.16 bits per heavy atom. The zero-order valence-electron chi connectivity index (χ0n) is 11.7. The van der Waals surface area contributed by atoms with E-state index in [1.54, 1.807) is 24.0 Å². The first-order valence-electron chi connectivity index (χ1n) is 6.31. The molecule has 0 amide bonds. The van der Waals surface area contributed by atoms with Crippen molar-refractivity contribution in [2.24, 2.45) is 0 Å². The summed E-state index contributed by atoms with van der Waals surface area (Å²) in [5, 5.41) is 0.690. The first kappa shape index (κ1) is 15.8. The third-order valence-electron chi connectivity index (χ3n) is 2.90. The van der Waals surface area contributed by atoms with E-state index >= 15 is 0 Å². The lowest BCUT2D eigenvalue weighted by Crippen LogP contribution is -2.25. The number of anilines is 1. The van der Waals surface area contributed by atoms with E-state index in [4.69, 9.17) is 5.73 Å². The average Bonchev–Trinajstić information content (AvgIpc) is 2.44. The molecular weight excluding hydrogens is 262 g/mol. The Kier molecular flexibility index (Phi) is 6.66. The fourth-order valence-corrected chi connectivity index (χ4v) is 2.61. The SMILES string of the molecule is CCN(CC)CCSc1nccc(C(=O)OC)c1N. The van der Waals surface area contributed by atoms with Crippen molar-refractivity contribution in [1.29, 1.82) is 0 Å². The van der Waals surface area contributed by atoms with Crippen LogP contribution in [0.1, 0.15) is 24.2 Å². The van der Waals surface area contributed by atoms with Crippen molar-refractivity contribution < 1.29 is 9.53 Å². The molecule has 0 aromatic carbocycles. The second kappa shape index (κ2) is 8.01. The van der Waals surface area contributed by atoms with Gasteiger partial charge in [0.25, 0.3) is 0 Å². The molecule has 5 nitrogen and oxygen atoms in total. The molecule has 1 aromatic heterocycles. The number of nitrogen functional groups attached to an aromatic ring is 1. The highest BCUT2D eigenvalue weighted by Gasteiger charge is 2.14. The zero-order chi connectivity index (χ0) is 14.3. The van der Waals surface area contributed by atoms with Gasteiger partial charge in [-0.1, -0.05) is 13.8 Å². The predicted molar refractivity (Wildman–Crippen MR) is 78.5 cm³/mol. The summed E-state index contributed by atoms with van der Waals surface area (Å²) >= 11 is 1.56. The number of carbonyl (C=O) groups is 1. The molecular formula is C13H21N3O2S. The van der Waals surface area contributed by atoms with E-state index in [0.29, 0.717) is 16.3 Å². The topological polar surface area (TPSA) is 68.5 Å². The van der Waals surface area contributed by atoms with E-state index in [9.17, 15) is 4.79 Å². The number of thioether (sulfide) groups is 1. The number of hydrogen-bond acceptors (Lipinski definition) is 6. The molecule has 6 heteroatoms. The van der Waals surface area contributed by atoms with Gasteiger partial charge in [0.2, 0.25) is 0 Å². The lowest BCUT2D eigenvalue weighted by atomic mass is 10.2. The van der Waals surface area contributed by atoms with Crippen LogP contribution in [0.15, 0.2) is 17.3 Å². The van der Waals surface area contributed by atoms with E-state index in [-0.39, 0.29) is 0 Å². The molecule has 2 N–H and O–H groups in total. The van der Waals surface area contributed by atoms with Gasteiger partial charge in [-0.15, -0.1) is 11.8 Å². The molecule has 0 atom stereocenters. The van der Waals surface area contributed by atoms with Gasteiger partial charge in [0.1, 0.15) is 5.03 Å². The maximum atomic E-state index is 11.5. The molecule has 0 saturated heterocycles. The van der Waals surface area contributed by atoms with Crippen LogP contribution in [0.25, 0.3) is 0 Å². The summed E-state index contributed by atoms with van der Waals surface area (Å²) in [7, 11) is 1.34. The van der Waals surface area contributed by atoms with Crippen molar-refractivity contribution in [3.05, 3.63) is 17.8 Å². The molecule has 0 spiro atoms. The number of nitrogens with two attached hydrogens (primary N) is 1. The summed E-state index contributed by atoms with van der Waals surface area (Å²) in [6, 6.07) is 1.58. The Bertz CT molecular complexity index is 422. The normalized spacial score (nSPS) is 10.7. The van der Waals surface area contributed by atoms with Gasteiger partial charge in [-0.05, 0) is 19.2 Å². The summed E-state index contributed by atoms with van der Waals surface area (Å²) in [6.45, 7) is 7.31. The number of aromatic nitrogens is 1. The maximum Gasteiger partial charge on any atom is 0.340 e. The minimum atomic E-state index is -0.425. The van der Waals surface area contributed by atoms with Gasteiger partial charge in [-0.25, -0.2) is 9.78 Å². The highest BCUT2D eigenvalue weighted by atomic mass is 32.2. The maximum absolute atomic E-state index is 11.5. The minimum Gasteiger partial charge on any atom is -0.465 e. The van der Waals surface area contributed by atoms with Gasteiger partial charge in [0.05, 0.1) is 18.4 Å². The Hall–Kier alpha value is -1.27. The van der Waals surface area contributed by atoms with Crippen LogP contribution in [0.4, 0.5) is 5.69 Å². The van der Waals surface area contributed by atoms with Crippen molar-refractivity contribution in [1.82, 2.24) is 9.88 Å². The zero-order valence-corrected chi connectivity index (χ0v) is 12.5. The summed E-state index contributed by atoms with van der Waals surface area (Å²) in [6.07, 6.45) is 1.59. The lowest BCUT2D eigenvalue weighted by Gasteiger charge is -2.17. The summed E-state index contributed by atoms with van der Waals surface area (Å²) in [5.41, 5.74) is 6.72. The fourth-order valence-electron chi connectivity index (χ4n) is 1.67. The van der Waals surface area contributed by atoms with E-state index in [1.165, 1.54) is 7.11 Å². The van der Waals surface area contributed by atoms with Crippen molar-refractivity contribution in [2.75, 3.05) is 38.2 Å². The Balaban J connectivity index is 2.66. The standard InChI is InChI=1S/C13H21N3O2S/c1-4-16(5-2)8-9-19-12-11(14)10(6-7-15-12)13(17)18-3/h6-7H,4-5,8-9,14H2,1-3H3. The second-order valence-corrected chi connectivity index (χ2v) is 5.03. The average molecular weight is 283 g/mol. The van der Waals surface area contributed by atoms with E-state index in [1.807, 2.05) is 0 Å². The molecule has 1 aromatic rings. The summed E-state index contributed by atoms with van der Waals surface area (Å²) in [4.78, 5) is 18.1. The van der Waals surface area contributed by atoms with E-state index in [0.717, 1.165) is 25.4 Å². The van der Waals surface area contributed by atoms with Gasteiger partial charge in [0, 0.05) is 18.5 Å². The molecule has 0 fully saturated rings. The van der Waals surface area contributed by atoms with Gasteiger partial charge < -0.3 is 15.4 Å². The molecule has 19 heavy (non-hydrogen) atoms. The molecule has 1 rings (SSSR count). The Morgan fingerprint density at radius 1 is 1.47 bits per heavy atom. The van der Waals surface area contributed by atoms with Crippen LogP contribution < -0.4 is 5.73 Å². The number of rotatable bonds is 7. The lowest BCUT2D eigenvalue weighted by molar-refractivity contribution is 0.0601. The molecule has 0 bridgehead atoms. The third-order valence-corrected chi connectivity index (χ3v) is 3.89. The smallest absolute Gasteiger partial charge is 0.340 e. The molecule has 0 saturated carbocycles. The number of carbonyl (C=O) groups excluding carboxylic acids is 1. The first-order chi connectivity index (χ1) is 9.13. The largest absolute Gasteiger partial charge is 0.465 e. The highest BCUT2D eigenvalue weighted by Crippen LogP contribution is 2.25. The second-order valence-electron chi connectivity index (χ2n) is 3.94. The third kappa shape index (κ3) is 4.40. The highest BCUT2D eigenvalue weighted by molar-refractivity contribution is 7.99. The molecule has 0 unspecified atom stereocenters. The number of nitrogens with zero attached hydrogens (tertiary/aromatic N) is 2. The van der Waals surface area contributed by atoms with Crippen LogP contribution in [-0.4, -0.2) is 48.4 Å². The fraction of sp³-hybridized carbons (Fsp3) is 0.538. The van der Waals surface area contributed by atoms with Gasteiger partial charge in [-0.2, -0.15) is 0 Å². The molecule has 1 heterocycles. The van der Waals surface area contributed by atoms with Crippen LogP contribution in [0.2, 0.25) is 0 Å². The summed E-state index contributed by atoms with van der Waals surface area (Å²) < 4.78 is 4.69. The van der Waals surface area contributed by atoms with E-state index in [2.05, 4.69) is 28.5 Å². The van der Waals surface area contributed by atoms with Crippen molar-refractivity contribution in [2.45, 2.75) is 18.9 Å². The quantitative estimate of drug-likeness (QED) is 0.609. The number of hydrogen-bond donors (Lipinski definition) is 1. The molecule has 0 aliphatic rings. The van der Waals surface area contributed by atoms with Crippen LogP contribution in [0, 0.1) is 0 Å². The Labute approximate surface area is 118 Å². The number of methoxy groups -OCH3 is 1. The summed E-state index contributed by atoms with van der Waals surface area (Å²) in [5.74, 6) is 0.467. The minimum absolute atomic E-state index is 0.378. The van der Waals surface area contributed by atoms with Crippen molar-refractivity contribution >= 4 is 23.4 Å². The van der Waals surface area contributed by atoms with Crippen molar-refractivity contribution in [3.63, 3.8) is 0 Å². The first-order valence-corrected chi connectivity index (χ1v) is 7.30. The number of esters is 1. The van der Waals surface area contributed by atoms with Crippen LogP contribution in [-0.2, 0) is 4.74 Å².